The Kier molecular flexibility index (Phi) is 7.05. The standard InChI is InChI=1S/C31H36N6O/c1-15-18(4)25(11-8-22(15)32)35-28-14-29(38)31(37-27-13-10-24(34)17(3)20(27)6)21(7)30(28)36-26-12-9-23(33)16(2)19(26)5/h8-14,35,37H,32-34H2,1-7H3/b36-30-. The van der Waals surface area contributed by atoms with E-state index in [-0.39, 0.29) is 5.78 Å². The quantitative estimate of drug-likeness (QED) is 0.202. The van der Waals surface area contributed by atoms with Crippen LogP contribution in [0.3, 0.4) is 0 Å². The summed E-state index contributed by atoms with van der Waals surface area (Å²) in [6.45, 7) is 13.8. The van der Waals surface area contributed by atoms with Crippen LogP contribution in [0.15, 0.2) is 64.4 Å². The van der Waals surface area contributed by atoms with E-state index in [1.54, 1.807) is 6.08 Å². The highest BCUT2D eigenvalue weighted by atomic mass is 16.1. The van der Waals surface area contributed by atoms with Crippen LogP contribution >= 0.6 is 0 Å². The van der Waals surface area contributed by atoms with Crippen LogP contribution in [-0.4, -0.2) is 11.5 Å². The van der Waals surface area contributed by atoms with Gasteiger partial charge in [-0.25, -0.2) is 4.99 Å². The lowest BCUT2D eigenvalue weighted by Crippen LogP contribution is -2.26. The first-order chi connectivity index (χ1) is 17.9. The summed E-state index contributed by atoms with van der Waals surface area (Å²) in [4.78, 5) is 18.6. The molecule has 0 aliphatic heterocycles. The summed E-state index contributed by atoms with van der Waals surface area (Å²) >= 11 is 0. The van der Waals surface area contributed by atoms with Crippen LogP contribution in [0.4, 0.5) is 34.1 Å². The van der Waals surface area contributed by atoms with Crippen LogP contribution in [0.5, 0.6) is 0 Å². The molecule has 3 aromatic carbocycles. The van der Waals surface area contributed by atoms with Crippen molar-refractivity contribution in [3.8, 4) is 0 Å². The van der Waals surface area contributed by atoms with Gasteiger partial charge in [0, 0.05) is 40.1 Å². The largest absolute Gasteiger partial charge is 0.399 e. The zero-order valence-corrected chi connectivity index (χ0v) is 23.1. The number of carbonyl (C=O) groups excluding carboxylic acids is 1. The molecular formula is C31H36N6O. The Bertz CT molecular complexity index is 1580. The molecule has 1 aliphatic carbocycles. The van der Waals surface area contributed by atoms with Crippen molar-refractivity contribution in [1.82, 2.24) is 0 Å². The minimum Gasteiger partial charge on any atom is -0.399 e. The van der Waals surface area contributed by atoms with E-state index in [9.17, 15) is 4.79 Å². The topological polar surface area (TPSA) is 132 Å². The molecule has 0 saturated carbocycles. The molecule has 196 valence electrons. The predicted molar refractivity (Wildman–Crippen MR) is 161 cm³/mol. The molecule has 0 atom stereocenters. The third-order valence-corrected chi connectivity index (χ3v) is 7.73. The first-order valence-electron chi connectivity index (χ1n) is 12.6. The van der Waals surface area contributed by atoms with Gasteiger partial charge in [0.25, 0.3) is 0 Å². The second-order valence-corrected chi connectivity index (χ2v) is 9.96. The summed E-state index contributed by atoms with van der Waals surface area (Å²) in [7, 11) is 0. The van der Waals surface area contributed by atoms with Crippen LogP contribution < -0.4 is 27.8 Å². The van der Waals surface area contributed by atoms with Gasteiger partial charge >= 0.3 is 0 Å². The molecular weight excluding hydrogens is 472 g/mol. The normalized spacial score (nSPS) is 14.7. The Morgan fingerprint density at radius 3 is 1.63 bits per heavy atom. The molecule has 0 saturated heterocycles. The van der Waals surface area contributed by atoms with Crippen molar-refractivity contribution < 1.29 is 4.79 Å². The van der Waals surface area contributed by atoms with Crippen LogP contribution in [0.2, 0.25) is 0 Å². The number of ketones is 1. The van der Waals surface area contributed by atoms with E-state index < -0.39 is 0 Å². The maximum Gasteiger partial charge on any atom is 0.204 e. The summed E-state index contributed by atoms with van der Waals surface area (Å²) in [5, 5.41) is 6.82. The molecule has 38 heavy (non-hydrogen) atoms. The van der Waals surface area contributed by atoms with Crippen molar-refractivity contribution in [2.24, 2.45) is 4.99 Å². The molecule has 0 heterocycles. The number of carbonyl (C=O) groups is 1. The maximum atomic E-state index is 13.5. The first kappa shape index (κ1) is 26.5. The van der Waals surface area contributed by atoms with E-state index in [1.807, 2.05) is 84.9 Å². The summed E-state index contributed by atoms with van der Waals surface area (Å²) in [5.74, 6) is -0.146. The van der Waals surface area contributed by atoms with E-state index >= 15 is 0 Å². The van der Waals surface area contributed by atoms with E-state index in [0.717, 1.165) is 67.4 Å². The van der Waals surface area contributed by atoms with Gasteiger partial charge in [-0.1, -0.05) is 0 Å². The second kappa shape index (κ2) is 10.1. The van der Waals surface area contributed by atoms with Gasteiger partial charge in [-0.3, -0.25) is 4.79 Å². The lowest BCUT2D eigenvalue weighted by Gasteiger charge is -2.24. The third kappa shape index (κ3) is 4.75. The molecule has 0 aromatic heterocycles. The zero-order chi connectivity index (χ0) is 27.9. The molecule has 1 aliphatic rings. The van der Waals surface area contributed by atoms with Gasteiger partial charge in [-0.05, 0) is 118 Å². The summed E-state index contributed by atoms with van der Waals surface area (Å²) in [6, 6.07) is 11.3. The van der Waals surface area contributed by atoms with Crippen LogP contribution in [0.1, 0.15) is 40.3 Å². The van der Waals surface area contributed by atoms with Crippen LogP contribution in [0.25, 0.3) is 0 Å². The number of benzene rings is 3. The van der Waals surface area contributed by atoms with Crippen molar-refractivity contribution in [3.05, 3.63) is 92.8 Å². The Balaban J connectivity index is 1.86. The van der Waals surface area contributed by atoms with Crippen molar-refractivity contribution in [2.75, 3.05) is 27.8 Å². The molecule has 0 radical (unpaired) electrons. The number of hydrogen-bond acceptors (Lipinski definition) is 7. The highest BCUT2D eigenvalue weighted by Crippen LogP contribution is 2.33. The summed E-state index contributed by atoms with van der Waals surface area (Å²) in [5.41, 5.74) is 31.4. The fraction of sp³-hybridized carbons (Fsp3) is 0.226. The number of nitrogens with two attached hydrogens (primary N) is 3. The fourth-order valence-electron chi connectivity index (χ4n) is 4.47. The highest BCUT2D eigenvalue weighted by Gasteiger charge is 2.26. The van der Waals surface area contributed by atoms with Crippen LogP contribution in [-0.2, 0) is 4.79 Å². The predicted octanol–water partition coefficient (Wildman–Crippen LogP) is 6.32. The van der Waals surface area contributed by atoms with Crippen molar-refractivity contribution >= 4 is 45.6 Å². The van der Waals surface area contributed by atoms with E-state index in [2.05, 4.69) is 10.6 Å². The van der Waals surface area contributed by atoms with Gasteiger partial charge in [0.05, 0.1) is 22.8 Å². The molecule has 0 fully saturated rings. The van der Waals surface area contributed by atoms with E-state index in [4.69, 9.17) is 22.2 Å². The van der Waals surface area contributed by atoms with E-state index in [1.165, 1.54) is 0 Å². The highest BCUT2D eigenvalue weighted by molar-refractivity contribution is 6.27. The molecule has 4 rings (SSSR count). The Labute approximate surface area is 224 Å². The molecule has 0 spiro atoms. The number of anilines is 5. The smallest absolute Gasteiger partial charge is 0.204 e. The number of rotatable bonds is 5. The van der Waals surface area contributed by atoms with Crippen LogP contribution in [0, 0.1) is 41.5 Å². The minimum atomic E-state index is -0.146. The van der Waals surface area contributed by atoms with Gasteiger partial charge in [0.1, 0.15) is 0 Å². The number of allylic oxidation sites excluding steroid dienone is 2. The lowest BCUT2D eigenvalue weighted by molar-refractivity contribution is -0.111. The number of nitrogens with one attached hydrogen (secondary N) is 2. The molecule has 0 bridgehead atoms. The number of nitrogens with zero attached hydrogens (tertiary/aromatic N) is 1. The zero-order valence-electron chi connectivity index (χ0n) is 23.1. The molecule has 0 unspecified atom stereocenters. The summed E-state index contributed by atoms with van der Waals surface area (Å²) < 4.78 is 0. The number of hydrogen-bond donors (Lipinski definition) is 5. The number of nitrogen functional groups attached to an aromatic ring is 3. The SMILES string of the molecule is CC1=C(Nc2ccc(N)c(C)c2C)C(=O)C=C(Nc2ccc(N)c(C)c2C)/C1=N\c1ccc(N)c(C)c1C. The Morgan fingerprint density at radius 1 is 0.605 bits per heavy atom. The average Bonchev–Trinajstić information content (AvgIpc) is 2.88. The monoisotopic (exact) mass is 508 g/mol. The van der Waals surface area contributed by atoms with Crippen molar-refractivity contribution in [1.29, 1.82) is 0 Å². The minimum absolute atomic E-state index is 0.146. The number of aliphatic imine (C=N–C) groups is 1. The average molecular weight is 509 g/mol. The third-order valence-electron chi connectivity index (χ3n) is 7.73. The molecule has 7 nitrogen and oxygen atoms in total. The molecule has 8 N–H and O–H groups in total. The Morgan fingerprint density at radius 2 is 1.08 bits per heavy atom. The van der Waals surface area contributed by atoms with E-state index in [0.29, 0.717) is 22.8 Å². The van der Waals surface area contributed by atoms with Crippen molar-refractivity contribution in [3.63, 3.8) is 0 Å². The molecule has 0 amide bonds. The first-order valence-corrected chi connectivity index (χ1v) is 12.6. The lowest BCUT2D eigenvalue weighted by atomic mass is 9.95. The molecule has 3 aromatic rings. The van der Waals surface area contributed by atoms with Crippen molar-refractivity contribution in [2.45, 2.75) is 48.5 Å². The summed E-state index contributed by atoms with van der Waals surface area (Å²) in [6.07, 6.45) is 1.60. The second-order valence-electron chi connectivity index (χ2n) is 9.96. The molecule has 7 heteroatoms. The van der Waals surface area contributed by atoms with Gasteiger partial charge in [-0.2, -0.15) is 0 Å². The van der Waals surface area contributed by atoms with Gasteiger partial charge < -0.3 is 27.8 Å². The van der Waals surface area contributed by atoms with Gasteiger partial charge in [-0.15, -0.1) is 0 Å². The van der Waals surface area contributed by atoms with Gasteiger partial charge in [0.2, 0.25) is 5.78 Å². The fourth-order valence-corrected chi connectivity index (χ4v) is 4.47. The van der Waals surface area contributed by atoms with Gasteiger partial charge in [0.15, 0.2) is 0 Å². The Hall–Kier alpha value is -4.52. The maximum absolute atomic E-state index is 13.5.